The van der Waals surface area contributed by atoms with Crippen LogP contribution in [0, 0.1) is 6.92 Å². The maximum Gasteiger partial charge on any atom is 0.138 e. The zero-order valence-electron chi connectivity index (χ0n) is 19.6. The third-order valence-corrected chi connectivity index (χ3v) is 7.30. The number of aliphatic hydroxyl groups is 2. The maximum atomic E-state index is 11.0. The molecule has 1 aliphatic carbocycles. The number of aryl methyl sites for hydroxylation is 1. The average molecular weight is 474 g/mol. The number of rotatable bonds is 8. The summed E-state index contributed by atoms with van der Waals surface area (Å²) in [5, 5.41) is 22.1. The maximum absolute atomic E-state index is 11.0. The zero-order chi connectivity index (χ0) is 23.3. The predicted molar refractivity (Wildman–Crippen MR) is 131 cm³/mol. The van der Waals surface area contributed by atoms with Crippen molar-refractivity contribution in [2.24, 2.45) is 0 Å². The largest absolute Gasteiger partial charge is 0.491 e. The second-order valence-corrected chi connectivity index (χ2v) is 10.3. The van der Waals surface area contributed by atoms with Gasteiger partial charge in [0.1, 0.15) is 30.3 Å². The van der Waals surface area contributed by atoms with Gasteiger partial charge in [-0.25, -0.2) is 0 Å². The van der Waals surface area contributed by atoms with Crippen LogP contribution in [0.1, 0.15) is 56.1 Å². The van der Waals surface area contributed by atoms with Crippen LogP contribution < -0.4 is 9.47 Å². The van der Waals surface area contributed by atoms with E-state index in [-0.39, 0.29) is 6.61 Å². The molecule has 0 radical (unpaired) electrons. The van der Waals surface area contributed by atoms with E-state index >= 15 is 0 Å². The second kappa shape index (κ2) is 10.6. The number of likely N-dealkylation sites (tertiary alicyclic amines) is 1. The minimum absolute atomic E-state index is 0.252. The van der Waals surface area contributed by atoms with E-state index in [2.05, 4.69) is 17.0 Å². The van der Waals surface area contributed by atoms with Crippen molar-refractivity contribution < 1.29 is 19.7 Å². The van der Waals surface area contributed by atoms with Gasteiger partial charge in [-0.05, 0) is 68.0 Å². The SMILES string of the molecule is Cc1ccc(Cl)c(OCC2(O)CCN(Cc3ccc(OCC4(O)CCCCC4)cc3)CC2)c1. The number of piperidine rings is 1. The molecule has 0 spiro atoms. The second-order valence-electron chi connectivity index (χ2n) is 9.94. The van der Waals surface area contributed by atoms with Crippen molar-refractivity contribution in [1.29, 1.82) is 0 Å². The quantitative estimate of drug-likeness (QED) is 0.556. The standard InChI is InChI=1S/C27H36ClNO4/c1-21-5-10-24(28)25(17-21)33-20-27(31)13-15-29(16-14-27)18-22-6-8-23(9-7-22)32-19-26(30)11-3-2-4-12-26/h5-10,17,30-31H,2-4,11-16,18-20H2,1H3. The van der Waals surface area contributed by atoms with Gasteiger partial charge in [0.25, 0.3) is 0 Å². The van der Waals surface area contributed by atoms with Gasteiger partial charge in [0.2, 0.25) is 0 Å². The molecular weight excluding hydrogens is 438 g/mol. The van der Waals surface area contributed by atoms with Gasteiger partial charge in [0, 0.05) is 19.6 Å². The molecule has 1 saturated carbocycles. The Morgan fingerprint density at radius 3 is 2.18 bits per heavy atom. The first-order valence-corrected chi connectivity index (χ1v) is 12.5. The molecule has 5 nitrogen and oxygen atoms in total. The Bertz CT molecular complexity index is 903. The van der Waals surface area contributed by atoms with Gasteiger partial charge in [-0.15, -0.1) is 0 Å². The lowest BCUT2D eigenvalue weighted by atomic mass is 9.85. The highest BCUT2D eigenvalue weighted by molar-refractivity contribution is 6.32. The third kappa shape index (κ3) is 6.86. The van der Waals surface area contributed by atoms with E-state index in [9.17, 15) is 10.2 Å². The lowest BCUT2D eigenvalue weighted by molar-refractivity contribution is -0.0537. The summed E-state index contributed by atoms with van der Waals surface area (Å²) in [6.45, 7) is 5.08. The van der Waals surface area contributed by atoms with E-state index < -0.39 is 11.2 Å². The van der Waals surface area contributed by atoms with Gasteiger partial charge < -0.3 is 19.7 Å². The fourth-order valence-corrected chi connectivity index (χ4v) is 4.90. The molecule has 180 valence electrons. The van der Waals surface area contributed by atoms with Crippen molar-refractivity contribution in [3.05, 3.63) is 58.6 Å². The van der Waals surface area contributed by atoms with Crippen LogP contribution >= 0.6 is 11.6 Å². The molecule has 2 aromatic carbocycles. The number of benzene rings is 2. The van der Waals surface area contributed by atoms with Crippen LogP contribution in [0.5, 0.6) is 11.5 Å². The van der Waals surface area contributed by atoms with E-state index in [1.807, 2.05) is 37.3 Å². The van der Waals surface area contributed by atoms with Gasteiger partial charge in [0.05, 0.1) is 10.6 Å². The minimum atomic E-state index is -0.833. The molecule has 2 aromatic rings. The molecule has 33 heavy (non-hydrogen) atoms. The Morgan fingerprint density at radius 1 is 0.848 bits per heavy atom. The first-order valence-electron chi connectivity index (χ1n) is 12.1. The lowest BCUT2D eigenvalue weighted by Gasteiger charge is -2.38. The van der Waals surface area contributed by atoms with E-state index in [1.165, 1.54) is 12.0 Å². The Labute approximate surface area is 202 Å². The Kier molecular flexibility index (Phi) is 7.85. The van der Waals surface area contributed by atoms with Gasteiger partial charge in [0.15, 0.2) is 0 Å². The van der Waals surface area contributed by atoms with Crippen molar-refractivity contribution >= 4 is 11.6 Å². The van der Waals surface area contributed by atoms with Crippen LogP contribution in [0.15, 0.2) is 42.5 Å². The highest BCUT2D eigenvalue weighted by Crippen LogP contribution is 2.30. The molecule has 1 aliphatic heterocycles. The molecule has 0 amide bonds. The number of ether oxygens (including phenoxy) is 2. The molecule has 1 saturated heterocycles. The normalized spacial score (nSPS) is 20.4. The van der Waals surface area contributed by atoms with E-state index in [0.29, 0.717) is 30.2 Å². The molecule has 0 atom stereocenters. The monoisotopic (exact) mass is 473 g/mol. The van der Waals surface area contributed by atoms with Crippen LogP contribution in [0.25, 0.3) is 0 Å². The molecule has 1 heterocycles. The molecule has 0 aromatic heterocycles. The van der Waals surface area contributed by atoms with Crippen molar-refractivity contribution in [3.8, 4) is 11.5 Å². The van der Waals surface area contributed by atoms with Crippen LogP contribution in [-0.4, -0.2) is 52.6 Å². The highest BCUT2D eigenvalue weighted by atomic mass is 35.5. The first-order chi connectivity index (χ1) is 15.8. The van der Waals surface area contributed by atoms with Gasteiger partial charge in [-0.3, -0.25) is 4.90 Å². The summed E-state index contributed by atoms with van der Waals surface area (Å²) in [7, 11) is 0. The van der Waals surface area contributed by atoms with Crippen molar-refractivity contribution in [3.63, 3.8) is 0 Å². The van der Waals surface area contributed by atoms with E-state index in [4.69, 9.17) is 21.1 Å². The number of nitrogens with zero attached hydrogens (tertiary/aromatic N) is 1. The summed E-state index contributed by atoms with van der Waals surface area (Å²) in [6, 6.07) is 13.8. The molecule has 0 unspecified atom stereocenters. The number of hydrogen-bond donors (Lipinski definition) is 2. The van der Waals surface area contributed by atoms with E-state index in [1.54, 1.807) is 0 Å². The first kappa shape index (κ1) is 24.3. The number of halogens is 1. The molecule has 4 rings (SSSR count). The van der Waals surface area contributed by atoms with Crippen LogP contribution in [0.3, 0.4) is 0 Å². The van der Waals surface area contributed by atoms with Crippen LogP contribution in [0.2, 0.25) is 5.02 Å². The van der Waals surface area contributed by atoms with Crippen LogP contribution in [-0.2, 0) is 6.54 Å². The highest BCUT2D eigenvalue weighted by Gasteiger charge is 2.33. The van der Waals surface area contributed by atoms with Crippen molar-refractivity contribution in [1.82, 2.24) is 4.90 Å². The fourth-order valence-electron chi connectivity index (χ4n) is 4.73. The topological polar surface area (TPSA) is 62.2 Å². The molecule has 6 heteroatoms. The van der Waals surface area contributed by atoms with E-state index in [0.717, 1.165) is 56.6 Å². The Balaban J connectivity index is 1.22. The fraction of sp³-hybridized carbons (Fsp3) is 0.556. The molecule has 2 aliphatic rings. The van der Waals surface area contributed by atoms with Crippen molar-refractivity contribution in [2.75, 3.05) is 26.3 Å². The Hall–Kier alpha value is -1.79. The van der Waals surface area contributed by atoms with Crippen LogP contribution in [0.4, 0.5) is 0 Å². The van der Waals surface area contributed by atoms with Gasteiger partial charge in [-0.2, -0.15) is 0 Å². The summed E-state index contributed by atoms with van der Waals surface area (Å²) in [5.74, 6) is 1.43. The summed E-state index contributed by atoms with van der Waals surface area (Å²) in [4.78, 5) is 2.36. The van der Waals surface area contributed by atoms with Gasteiger partial charge in [-0.1, -0.05) is 49.1 Å². The summed E-state index contributed by atoms with van der Waals surface area (Å²) >= 11 is 6.21. The smallest absolute Gasteiger partial charge is 0.138 e. The molecule has 0 bridgehead atoms. The lowest BCUT2D eigenvalue weighted by Crippen LogP contribution is -2.47. The Morgan fingerprint density at radius 2 is 1.48 bits per heavy atom. The molecular formula is C27H36ClNO4. The van der Waals surface area contributed by atoms with Gasteiger partial charge >= 0.3 is 0 Å². The number of hydrogen-bond acceptors (Lipinski definition) is 5. The molecule has 2 fully saturated rings. The van der Waals surface area contributed by atoms with Crippen molar-refractivity contribution in [2.45, 2.75) is 69.6 Å². The zero-order valence-corrected chi connectivity index (χ0v) is 20.3. The summed E-state index contributed by atoms with van der Waals surface area (Å²) < 4.78 is 11.7. The third-order valence-electron chi connectivity index (χ3n) is 6.99. The predicted octanol–water partition coefficient (Wildman–Crippen LogP) is 5.13. The summed E-state index contributed by atoms with van der Waals surface area (Å²) in [5.41, 5.74) is 0.792. The minimum Gasteiger partial charge on any atom is -0.491 e. The average Bonchev–Trinajstić information content (AvgIpc) is 2.81. The summed E-state index contributed by atoms with van der Waals surface area (Å²) in [6.07, 6.45) is 6.35. The molecule has 2 N–H and O–H groups in total.